The Labute approximate surface area is 132 Å². The Bertz CT molecular complexity index is 419. The van der Waals surface area contributed by atoms with Gasteiger partial charge in [0.25, 0.3) is 0 Å². The van der Waals surface area contributed by atoms with Crippen molar-refractivity contribution in [2.45, 2.75) is 52.2 Å². The van der Waals surface area contributed by atoms with E-state index in [0.717, 1.165) is 25.6 Å². The van der Waals surface area contributed by atoms with Crippen LogP contribution in [0.3, 0.4) is 0 Å². The van der Waals surface area contributed by atoms with Crippen LogP contribution in [0.1, 0.15) is 39.2 Å². The molecule has 2 rings (SSSR count). The summed E-state index contributed by atoms with van der Waals surface area (Å²) >= 11 is 3.57. The second-order valence-corrected chi connectivity index (χ2v) is 7.39. The minimum atomic E-state index is 0.632. The number of rotatable bonds is 4. The van der Waals surface area contributed by atoms with Crippen LogP contribution in [0.15, 0.2) is 28.7 Å². The molecule has 1 saturated heterocycles. The Balaban J connectivity index is 2.02. The van der Waals surface area contributed by atoms with Crippen LogP contribution in [-0.4, -0.2) is 30.1 Å². The van der Waals surface area contributed by atoms with E-state index in [2.05, 4.69) is 71.2 Å². The molecule has 1 fully saturated rings. The highest BCUT2D eigenvalue weighted by atomic mass is 79.9. The molecule has 0 bridgehead atoms. The lowest BCUT2D eigenvalue weighted by Gasteiger charge is -2.29. The number of hydrogen-bond acceptors (Lipinski definition) is 2. The molecule has 0 radical (unpaired) electrons. The van der Waals surface area contributed by atoms with E-state index < -0.39 is 0 Å². The molecule has 1 aliphatic heterocycles. The van der Waals surface area contributed by atoms with E-state index in [1.807, 2.05) is 0 Å². The number of halogens is 1. The highest BCUT2D eigenvalue weighted by Gasteiger charge is 2.23. The van der Waals surface area contributed by atoms with Crippen LogP contribution in [0.25, 0.3) is 0 Å². The third kappa shape index (κ3) is 4.87. The fraction of sp³-hybridized carbons (Fsp3) is 0.647. The van der Waals surface area contributed by atoms with E-state index in [1.54, 1.807) is 0 Å². The molecule has 0 spiro atoms. The monoisotopic (exact) mass is 338 g/mol. The van der Waals surface area contributed by atoms with Crippen LogP contribution in [0, 0.1) is 5.92 Å². The van der Waals surface area contributed by atoms with Crippen molar-refractivity contribution in [1.29, 1.82) is 0 Å². The van der Waals surface area contributed by atoms with Gasteiger partial charge in [-0.25, -0.2) is 0 Å². The van der Waals surface area contributed by atoms with Gasteiger partial charge in [0.15, 0.2) is 0 Å². The molecule has 2 unspecified atom stereocenters. The second kappa shape index (κ2) is 7.58. The van der Waals surface area contributed by atoms with Gasteiger partial charge in [-0.15, -0.1) is 0 Å². The third-order valence-corrected chi connectivity index (χ3v) is 4.60. The van der Waals surface area contributed by atoms with Gasteiger partial charge in [-0.05, 0) is 49.9 Å². The lowest BCUT2D eigenvalue weighted by Crippen LogP contribution is -2.40. The number of nitrogens with zero attached hydrogens (tertiary/aromatic N) is 1. The Morgan fingerprint density at radius 1 is 1.40 bits per heavy atom. The van der Waals surface area contributed by atoms with E-state index in [1.165, 1.54) is 22.9 Å². The Morgan fingerprint density at radius 3 is 2.90 bits per heavy atom. The quantitative estimate of drug-likeness (QED) is 0.890. The number of benzene rings is 1. The van der Waals surface area contributed by atoms with Crippen molar-refractivity contribution in [2.24, 2.45) is 5.92 Å². The van der Waals surface area contributed by atoms with Crippen LogP contribution in [-0.2, 0) is 6.54 Å². The molecule has 20 heavy (non-hydrogen) atoms. The van der Waals surface area contributed by atoms with Crippen molar-refractivity contribution in [2.75, 3.05) is 13.1 Å². The predicted octanol–water partition coefficient (Wildman–Crippen LogP) is 4.05. The van der Waals surface area contributed by atoms with Gasteiger partial charge in [0, 0.05) is 29.6 Å². The molecule has 0 saturated carbocycles. The van der Waals surface area contributed by atoms with Gasteiger partial charge < -0.3 is 5.32 Å². The summed E-state index contributed by atoms with van der Waals surface area (Å²) in [5.41, 5.74) is 1.40. The third-order valence-electron chi connectivity index (χ3n) is 4.10. The smallest absolute Gasteiger partial charge is 0.0237 e. The van der Waals surface area contributed by atoms with Crippen molar-refractivity contribution in [3.8, 4) is 0 Å². The molecule has 0 aliphatic carbocycles. The van der Waals surface area contributed by atoms with Gasteiger partial charge in [0.1, 0.15) is 0 Å². The lowest BCUT2D eigenvalue weighted by molar-refractivity contribution is 0.189. The van der Waals surface area contributed by atoms with Crippen molar-refractivity contribution in [1.82, 2.24) is 10.2 Å². The fourth-order valence-electron chi connectivity index (χ4n) is 3.02. The molecule has 2 nitrogen and oxygen atoms in total. The highest BCUT2D eigenvalue weighted by molar-refractivity contribution is 9.10. The Morgan fingerprint density at radius 2 is 2.20 bits per heavy atom. The van der Waals surface area contributed by atoms with E-state index in [4.69, 9.17) is 0 Å². The number of nitrogens with one attached hydrogen (secondary N) is 1. The highest BCUT2D eigenvalue weighted by Crippen LogP contribution is 2.19. The molecule has 1 aromatic carbocycles. The van der Waals surface area contributed by atoms with Gasteiger partial charge in [0.05, 0.1) is 0 Å². The van der Waals surface area contributed by atoms with Crippen LogP contribution >= 0.6 is 15.9 Å². The van der Waals surface area contributed by atoms with E-state index in [-0.39, 0.29) is 0 Å². The van der Waals surface area contributed by atoms with Gasteiger partial charge in [-0.1, -0.05) is 41.9 Å². The van der Waals surface area contributed by atoms with Crippen molar-refractivity contribution in [3.63, 3.8) is 0 Å². The molecule has 3 heteroatoms. The minimum Gasteiger partial charge on any atom is -0.313 e. The maximum Gasteiger partial charge on any atom is 0.0237 e. The maximum atomic E-state index is 3.72. The molecule has 2 atom stereocenters. The first kappa shape index (κ1) is 16.0. The zero-order valence-corrected chi connectivity index (χ0v) is 14.5. The summed E-state index contributed by atoms with van der Waals surface area (Å²) in [7, 11) is 0. The zero-order chi connectivity index (χ0) is 14.5. The topological polar surface area (TPSA) is 15.3 Å². The van der Waals surface area contributed by atoms with Gasteiger partial charge >= 0.3 is 0 Å². The average molecular weight is 339 g/mol. The molecular weight excluding hydrogens is 312 g/mol. The normalized spacial score (nSPS) is 24.9. The summed E-state index contributed by atoms with van der Waals surface area (Å²) in [6.07, 6.45) is 2.50. The molecular formula is C17H27BrN2. The second-order valence-electron chi connectivity index (χ2n) is 6.48. The maximum absolute atomic E-state index is 3.72. The van der Waals surface area contributed by atoms with Crippen LogP contribution in [0.5, 0.6) is 0 Å². The largest absolute Gasteiger partial charge is 0.313 e. The first-order chi connectivity index (χ1) is 9.54. The van der Waals surface area contributed by atoms with Crippen molar-refractivity contribution >= 4 is 15.9 Å². The molecule has 1 N–H and O–H groups in total. The molecule has 0 amide bonds. The van der Waals surface area contributed by atoms with Crippen molar-refractivity contribution < 1.29 is 0 Å². The van der Waals surface area contributed by atoms with Crippen LogP contribution in [0.4, 0.5) is 0 Å². The van der Waals surface area contributed by atoms with E-state index in [9.17, 15) is 0 Å². The Hall–Kier alpha value is -0.380. The molecule has 1 aliphatic rings. The summed E-state index contributed by atoms with van der Waals surface area (Å²) in [5.74, 6) is 0.758. The summed E-state index contributed by atoms with van der Waals surface area (Å²) < 4.78 is 1.18. The van der Waals surface area contributed by atoms with Crippen LogP contribution in [0.2, 0.25) is 0 Å². The minimum absolute atomic E-state index is 0.632. The van der Waals surface area contributed by atoms with Crippen LogP contribution < -0.4 is 5.32 Å². The number of hydrogen-bond donors (Lipinski definition) is 1. The summed E-state index contributed by atoms with van der Waals surface area (Å²) in [6, 6.07) is 9.98. The Kier molecular flexibility index (Phi) is 6.06. The lowest BCUT2D eigenvalue weighted by atomic mass is 10.0. The molecule has 0 aromatic heterocycles. The summed E-state index contributed by atoms with van der Waals surface area (Å²) in [4.78, 5) is 2.63. The van der Waals surface area contributed by atoms with Gasteiger partial charge in [0.2, 0.25) is 0 Å². The van der Waals surface area contributed by atoms with Gasteiger partial charge in [-0.2, -0.15) is 0 Å². The molecule has 1 heterocycles. The van der Waals surface area contributed by atoms with Gasteiger partial charge in [-0.3, -0.25) is 4.90 Å². The first-order valence-electron chi connectivity index (χ1n) is 7.76. The molecule has 1 aromatic rings. The predicted molar refractivity (Wildman–Crippen MR) is 89.9 cm³/mol. The molecule has 112 valence electrons. The van der Waals surface area contributed by atoms with Crippen molar-refractivity contribution in [3.05, 3.63) is 34.3 Å². The summed E-state index contributed by atoms with van der Waals surface area (Å²) in [6.45, 7) is 10.3. The summed E-state index contributed by atoms with van der Waals surface area (Å²) in [5, 5.41) is 3.72. The average Bonchev–Trinajstić information content (AvgIpc) is 2.52. The standard InChI is InChI=1S/C17H27BrN2/c1-13(2)9-17-12-20(14(3)7-8-19-17)11-15-5-4-6-16(18)10-15/h4-6,10,13-14,17,19H,7-9,11-12H2,1-3H3. The SMILES string of the molecule is CC(C)CC1CN(Cc2cccc(Br)c2)C(C)CCN1. The zero-order valence-electron chi connectivity index (χ0n) is 12.9. The first-order valence-corrected chi connectivity index (χ1v) is 8.55. The van der Waals surface area contributed by atoms with E-state index in [0.29, 0.717) is 12.1 Å². The van der Waals surface area contributed by atoms with E-state index >= 15 is 0 Å². The fourth-order valence-corrected chi connectivity index (χ4v) is 3.47.